The fourth-order valence-corrected chi connectivity index (χ4v) is 2.62. The lowest BCUT2D eigenvalue weighted by molar-refractivity contribution is 0.0630. The van der Waals surface area contributed by atoms with Crippen LogP contribution in [0.15, 0.2) is 10.5 Å². The molecule has 118 valence electrons. The van der Waals surface area contributed by atoms with Gasteiger partial charge in [-0.15, -0.1) is 0 Å². The minimum atomic E-state index is -1.23. The topological polar surface area (TPSA) is 87.7 Å². The Labute approximate surface area is 125 Å². The van der Waals surface area contributed by atoms with Gasteiger partial charge in [-0.3, -0.25) is 0 Å². The summed E-state index contributed by atoms with van der Waals surface area (Å²) < 4.78 is 4.94. The second-order valence-corrected chi connectivity index (χ2v) is 5.43. The number of aromatic carboxylic acids is 2. The van der Waals surface area contributed by atoms with Gasteiger partial charge < -0.3 is 14.6 Å². The molecule has 1 aromatic heterocycles. The first-order valence-corrected chi connectivity index (χ1v) is 7.58. The molecule has 5 heteroatoms. The summed E-state index contributed by atoms with van der Waals surface area (Å²) in [7, 11) is 0. The van der Waals surface area contributed by atoms with Gasteiger partial charge in [-0.1, -0.05) is 52.4 Å². The van der Waals surface area contributed by atoms with Gasteiger partial charge in [0.05, 0.1) is 0 Å². The molecule has 0 aliphatic heterocycles. The van der Waals surface area contributed by atoms with E-state index in [1.165, 1.54) is 6.07 Å². The van der Waals surface area contributed by atoms with E-state index in [0.29, 0.717) is 17.9 Å². The first-order chi connectivity index (χ1) is 9.99. The van der Waals surface area contributed by atoms with Gasteiger partial charge in [-0.2, -0.15) is 0 Å². The van der Waals surface area contributed by atoms with Crippen molar-refractivity contribution in [3.8, 4) is 0 Å². The van der Waals surface area contributed by atoms with Crippen molar-refractivity contribution in [2.75, 3.05) is 0 Å². The monoisotopic (exact) mass is 296 g/mol. The van der Waals surface area contributed by atoms with Gasteiger partial charge in [0.2, 0.25) is 11.5 Å². The van der Waals surface area contributed by atoms with Crippen LogP contribution in [0.4, 0.5) is 0 Å². The van der Waals surface area contributed by atoms with Crippen LogP contribution in [-0.2, 0) is 6.42 Å². The predicted octanol–water partition coefficient (Wildman–Crippen LogP) is 4.22. The molecule has 0 saturated carbocycles. The fraction of sp³-hybridized carbons (Fsp3) is 0.625. The van der Waals surface area contributed by atoms with Crippen molar-refractivity contribution in [2.24, 2.45) is 5.92 Å². The highest BCUT2D eigenvalue weighted by atomic mass is 16.4. The van der Waals surface area contributed by atoms with E-state index < -0.39 is 11.9 Å². The zero-order chi connectivity index (χ0) is 15.8. The molecular formula is C16H24O5. The Morgan fingerprint density at radius 3 is 2.33 bits per heavy atom. The fourth-order valence-electron chi connectivity index (χ4n) is 2.62. The number of rotatable bonds is 10. The standard InChI is InChI=1S/C16H24O5/c1-3-5-6-8-11(7-4-2)9-12-10-13(15(17)18)21-14(12)16(19)20/h10-11H,3-9H2,1-2H3,(H,17,18)(H,19,20). The summed E-state index contributed by atoms with van der Waals surface area (Å²) >= 11 is 0. The third-order valence-electron chi connectivity index (χ3n) is 3.64. The smallest absolute Gasteiger partial charge is 0.372 e. The largest absolute Gasteiger partial charge is 0.475 e. The highest BCUT2D eigenvalue weighted by Gasteiger charge is 2.23. The van der Waals surface area contributed by atoms with Crippen molar-refractivity contribution in [3.63, 3.8) is 0 Å². The second-order valence-electron chi connectivity index (χ2n) is 5.43. The number of unbranched alkanes of at least 4 members (excludes halogenated alkanes) is 2. The van der Waals surface area contributed by atoms with Gasteiger partial charge in [0.1, 0.15) is 0 Å². The van der Waals surface area contributed by atoms with Crippen molar-refractivity contribution >= 4 is 11.9 Å². The van der Waals surface area contributed by atoms with E-state index in [1.807, 2.05) is 0 Å². The molecule has 1 atom stereocenters. The number of furan rings is 1. The zero-order valence-corrected chi connectivity index (χ0v) is 12.7. The molecule has 5 nitrogen and oxygen atoms in total. The number of carboxylic acids is 2. The molecule has 0 amide bonds. The van der Waals surface area contributed by atoms with Crippen LogP contribution >= 0.6 is 0 Å². The molecule has 0 aliphatic carbocycles. The van der Waals surface area contributed by atoms with E-state index >= 15 is 0 Å². The molecule has 0 saturated heterocycles. The molecule has 0 aliphatic rings. The lowest BCUT2D eigenvalue weighted by Crippen LogP contribution is -2.07. The van der Waals surface area contributed by atoms with Crippen molar-refractivity contribution in [3.05, 3.63) is 23.2 Å². The number of carboxylic acid groups (broad SMARTS) is 2. The van der Waals surface area contributed by atoms with E-state index in [4.69, 9.17) is 14.6 Å². The van der Waals surface area contributed by atoms with Crippen LogP contribution in [0.5, 0.6) is 0 Å². The van der Waals surface area contributed by atoms with E-state index in [2.05, 4.69) is 13.8 Å². The summed E-state index contributed by atoms with van der Waals surface area (Å²) in [4.78, 5) is 22.1. The first-order valence-electron chi connectivity index (χ1n) is 7.58. The van der Waals surface area contributed by atoms with Crippen molar-refractivity contribution in [2.45, 2.75) is 58.8 Å². The van der Waals surface area contributed by atoms with Crippen LogP contribution in [0.1, 0.15) is 79.0 Å². The molecule has 0 bridgehead atoms. The zero-order valence-electron chi connectivity index (χ0n) is 12.7. The third kappa shape index (κ3) is 5.25. The molecule has 1 rings (SSSR count). The number of hydrogen-bond acceptors (Lipinski definition) is 3. The van der Waals surface area contributed by atoms with Gasteiger partial charge in [0.15, 0.2) is 0 Å². The van der Waals surface area contributed by atoms with Crippen LogP contribution in [-0.4, -0.2) is 22.2 Å². The Balaban J connectivity index is 2.85. The van der Waals surface area contributed by atoms with Gasteiger partial charge in [0.25, 0.3) is 0 Å². The van der Waals surface area contributed by atoms with Crippen LogP contribution < -0.4 is 0 Å². The lowest BCUT2D eigenvalue weighted by atomic mass is 9.90. The summed E-state index contributed by atoms with van der Waals surface area (Å²) in [5, 5.41) is 18.1. The van der Waals surface area contributed by atoms with Gasteiger partial charge >= 0.3 is 11.9 Å². The average molecular weight is 296 g/mol. The Hall–Kier alpha value is -1.78. The average Bonchev–Trinajstić information content (AvgIpc) is 2.83. The van der Waals surface area contributed by atoms with Crippen LogP contribution in [0.2, 0.25) is 0 Å². The van der Waals surface area contributed by atoms with Crippen molar-refractivity contribution in [1.82, 2.24) is 0 Å². The van der Waals surface area contributed by atoms with Crippen LogP contribution in [0.3, 0.4) is 0 Å². The Kier molecular flexibility index (Phi) is 6.99. The van der Waals surface area contributed by atoms with E-state index in [-0.39, 0.29) is 11.5 Å². The van der Waals surface area contributed by atoms with Crippen LogP contribution in [0.25, 0.3) is 0 Å². The second kappa shape index (κ2) is 8.49. The van der Waals surface area contributed by atoms with Crippen LogP contribution in [0, 0.1) is 5.92 Å². The van der Waals surface area contributed by atoms with E-state index in [0.717, 1.165) is 38.5 Å². The maximum Gasteiger partial charge on any atom is 0.372 e. The molecule has 1 heterocycles. The van der Waals surface area contributed by atoms with Crippen molar-refractivity contribution < 1.29 is 24.2 Å². The molecule has 0 radical (unpaired) electrons. The third-order valence-corrected chi connectivity index (χ3v) is 3.64. The van der Waals surface area contributed by atoms with E-state index in [9.17, 15) is 9.59 Å². The minimum Gasteiger partial charge on any atom is -0.475 e. The highest BCUT2D eigenvalue weighted by Crippen LogP contribution is 2.25. The summed E-state index contributed by atoms with van der Waals surface area (Å²) in [5.74, 6) is -2.60. The summed E-state index contributed by atoms with van der Waals surface area (Å²) in [5.41, 5.74) is 0.495. The normalized spacial score (nSPS) is 12.3. The summed E-state index contributed by atoms with van der Waals surface area (Å²) in [6, 6.07) is 1.36. The molecule has 0 fully saturated rings. The van der Waals surface area contributed by atoms with Crippen molar-refractivity contribution in [1.29, 1.82) is 0 Å². The predicted molar refractivity (Wildman–Crippen MR) is 78.9 cm³/mol. The SMILES string of the molecule is CCCCCC(CCC)Cc1cc(C(=O)O)oc1C(=O)O. The summed E-state index contributed by atoms with van der Waals surface area (Å²) in [6.45, 7) is 4.25. The highest BCUT2D eigenvalue weighted by molar-refractivity contribution is 5.90. The first kappa shape index (κ1) is 17.3. The number of hydrogen-bond donors (Lipinski definition) is 2. The molecule has 21 heavy (non-hydrogen) atoms. The Bertz CT molecular complexity index is 475. The summed E-state index contributed by atoms with van der Waals surface area (Å²) in [6.07, 6.45) is 7.07. The molecule has 1 aromatic rings. The van der Waals surface area contributed by atoms with Gasteiger partial charge in [-0.05, 0) is 18.4 Å². The molecule has 0 spiro atoms. The maximum atomic E-state index is 11.2. The Morgan fingerprint density at radius 2 is 1.81 bits per heavy atom. The Morgan fingerprint density at radius 1 is 1.10 bits per heavy atom. The maximum absolute atomic E-state index is 11.2. The molecular weight excluding hydrogens is 272 g/mol. The lowest BCUT2D eigenvalue weighted by Gasteiger charge is -2.15. The van der Waals surface area contributed by atoms with Gasteiger partial charge in [0, 0.05) is 5.56 Å². The molecule has 2 N–H and O–H groups in total. The molecule has 1 unspecified atom stereocenters. The quantitative estimate of drug-likeness (QED) is 0.631. The van der Waals surface area contributed by atoms with E-state index in [1.54, 1.807) is 0 Å². The van der Waals surface area contributed by atoms with Gasteiger partial charge in [-0.25, -0.2) is 9.59 Å². The minimum absolute atomic E-state index is 0.232. The number of carbonyl (C=O) groups is 2. The molecule has 0 aromatic carbocycles.